The van der Waals surface area contributed by atoms with Gasteiger partial charge in [-0.3, -0.25) is 9.48 Å². The monoisotopic (exact) mass is 309 g/mol. The van der Waals surface area contributed by atoms with E-state index in [4.69, 9.17) is 0 Å². The maximum Gasteiger partial charge on any atom is 0.274 e. The fraction of sp³-hybridized carbons (Fsp3) is 0.765. The Labute approximate surface area is 134 Å². The summed E-state index contributed by atoms with van der Waals surface area (Å²) in [6, 6.07) is 1.90. The van der Waals surface area contributed by atoms with E-state index in [0.717, 1.165) is 5.69 Å². The molecule has 0 aliphatic heterocycles. The molecule has 0 fully saturated rings. The fourth-order valence-electron chi connectivity index (χ4n) is 2.41. The quantitative estimate of drug-likeness (QED) is 0.909. The summed E-state index contributed by atoms with van der Waals surface area (Å²) < 4.78 is 1.94. The van der Waals surface area contributed by atoms with Crippen LogP contribution >= 0.6 is 0 Å². The number of aliphatic hydroxyl groups is 1. The molecule has 1 rings (SSSR count). The number of hydrogen-bond donors (Lipinski definition) is 1. The predicted molar refractivity (Wildman–Crippen MR) is 89.2 cm³/mol. The van der Waals surface area contributed by atoms with Crippen molar-refractivity contribution >= 4 is 5.91 Å². The standard InChI is InChI=1S/C17H31N3O2/c1-11(2)15-9-14(18-20(15)17(6,7)8)16(22)19(12(3)4)10-13(5)21/h9,11-13,21H,10H2,1-8H3. The molecule has 1 unspecified atom stereocenters. The molecule has 5 heteroatoms. The summed E-state index contributed by atoms with van der Waals surface area (Å²) >= 11 is 0. The van der Waals surface area contributed by atoms with Crippen LogP contribution in [0.4, 0.5) is 0 Å². The fourth-order valence-corrected chi connectivity index (χ4v) is 2.41. The highest BCUT2D eigenvalue weighted by molar-refractivity contribution is 5.92. The minimum Gasteiger partial charge on any atom is -0.392 e. The number of carbonyl (C=O) groups excluding carboxylic acids is 1. The summed E-state index contributed by atoms with van der Waals surface area (Å²) in [7, 11) is 0. The van der Waals surface area contributed by atoms with Crippen LogP contribution in [0.3, 0.4) is 0 Å². The molecule has 0 aromatic carbocycles. The van der Waals surface area contributed by atoms with Gasteiger partial charge in [0.2, 0.25) is 0 Å². The van der Waals surface area contributed by atoms with Crippen molar-refractivity contribution in [3.8, 4) is 0 Å². The Morgan fingerprint density at radius 3 is 2.14 bits per heavy atom. The van der Waals surface area contributed by atoms with E-state index < -0.39 is 6.10 Å². The average Bonchev–Trinajstić information content (AvgIpc) is 2.79. The average molecular weight is 309 g/mol. The molecule has 1 N–H and O–H groups in total. The Kier molecular flexibility index (Phi) is 5.79. The van der Waals surface area contributed by atoms with Gasteiger partial charge in [-0.25, -0.2) is 0 Å². The van der Waals surface area contributed by atoms with Gasteiger partial charge in [0.05, 0.1) is 11.6 Å². The SMILES string of the molecule is CC(O)CN(C(=O)c1cc(C(C)C)n(C(C)(C)C)n1)C(C)C. The maximum absolute atomic E-state index is 12.8. The van der Waals surface area contributed by atoms with Gasteiger partial charge >= 0.3 is 0 Å². The Balaban J connectivity index is 3.23. The van der Waals surface area contributed by atoms with E-state index in [9.17, 15) is 9.90 Å². The zero-order chi connectivity index (χ0) is 17.2. The van der Waals surface area contributed by atoms with Crippen LogP contribution in [-0.2, 0) is 5.54 Å². The van der Waals surface area contributed by atoms with E-state index in [2.05, 4.69) is 39.7 Å². The van der Waals surface area contributed by atoms with Crippen LogP contribution in [0, 0.1) is 0 Å². The molecule has 126 valence electrons. The van der Waals surface area contributed by atoms with E-state index in [1.807, 2.05) is 24.6 Å². The van der Waals surface area contributed by atoms with E-state index >= 15 is 0 Å². The van der Waals surface area contributed by atoms with E-state index in [1.165, 1.54) is 0 Å². The predicted octanol–water partition coefficient (Wildman–Crippen LogP) is 2.99. The minimum absolute atomic E-state index is 0.0180. The molecule has 1 atom stereocenters. The first kappa shape index (κ1) is 18.7. The van der Waals surface area contributed by atoms with Crippen LogP contribution in [-0.4, -0.2) is 44.4 Å². The lowest BCUT2D eigenvalue weighted by Gasteiger charge is -2.27. The molecule has 22 heavy (non-hydrogen) atoms. The molecule has 0 radical (unpaired) electrons. The molecule has 1 amide bonds. The molecule has 0 saturated heterocycles. The smallest absolute Gasteiger partial charge is 0.274 e. The van der Waals surface area contributed by atoms with Crippen LogP contribution in [0.15, 0.2) is 6.07 Å². The second kappa shape index (κ2) is 6.82. The zero-order valence-electron chi connectivity index (χ0n) is 15.2. The van der Waals surface area contributed by atoms with Crippen molar-refractivity contribution in [3.05, 3.63) is 17.5 Å². The number of carbonyl (C=O) groups is 1. The third kappa shape index (κ3) is 4.32. The largest absolute Gasteiger partial charge is 0.392 e. The number of rotatable bonds is 5. The van der Waals surface area contributed by atoms with Crippen molar-refractivity contribution in [2.75, 3.05) is 6.54 Å². The van der Waals surface area contributed by atoms with E-state index in [1.54, 1.807) is 11.8 Å². The van der Waals surface area contributed by atoms with Gasteiger partial charge < -0.3 is 10.0 Å². The van der Waals surface area contributed by atoms with Crippen molar-refractivity contribution < 1.29 is 9.90 Å². The van der Waals surface area contributed by atoms with Crippen LogP contribution in [0.1, 0.15) is 77.5 Å². The Morgan fingerprint density at radius 1 is 1.27 bits per heavy atom. The molecule has 0 saturated carbocycles. The van der Waals surface area contributed by atoms with Gasteiger partial charge in [-0.15, -0.1) is 0 Å². The van der Waals surface area contributed by atoms with Crippen molar-refractivity contribution in [2.24, 2.45) is 0 Å². The van der Waals surface area contributed by atoms with Crippen molar-refractivity contribution in [3.63, 3.8) is 0 Å². The normalized spacial score (nSPS) is 13.8. The third-order valence-corrected chi connectivity index (χ3v) is 3.53. The number of hydrogen-bond acceptors (Lipinski definition) is 3. The molecule has 1 aromatic rings. The summed E-state index contributed by atoms with van der Waals surface area (Å²) in [6.45, 7) is 16.3. The van der Waals surface area contributed by atoms with Gasteiger partial charge in [-0.2, -0.15) is 5.10 Å². The lowest BCUT2D eigenvalue weighted by Crippen LogP contribution is -2.41. The maximum atomic E-state index is 12.8. The number of amides is 1. The first-order valence-electron chi connectivity index (χ1n) is 8.04. The first-order valence-corrected chi connectivity index (χ1v) is 8.04. The molecule has 0 aliphatic rings. The van der Waals surface area contributed by atoms with Crippen molar-refractivity contribution in [1.29, 1.82) is 0 Å². The number of aliphatic hydroxyl groups excluding tert-OH is 1. The summed E-state index contributed by atoms with van der Waals surface area (Å²) in [5, 5.41) is 14.2. The summed E-state index contributed by atoms with van der Waals surface area (Å²) in [6.07, 6.45) is -0.555. The van der Waals surface area contributed by atoms with Gasteiger partial charge in [0.1, 0.15) is 0 Å². The topological polar surface area (TPSA) is 58.4 Å². The second-order valence-corrected chi connectivity index (χ2v) is 7.59. The van der Waals surface area contributed by atoms with Gasteiger partial charge in [-0.1, -0.05) is 13.8 Å². The highest BCUT2D eigenvalue weighted by Crippen LogP contribution is 2.24. The molecule has 0 aliphatic carbocycles. The van der Waals surface area contributed by atoms with Gasteiger partial charge in [0, 0.05) is 18.3 Å². The Hall–Kier alpha value is -1.36. The van der Waals surface area contributed by atoms with Gasteiger partial charge in [0.25, 0.3) is 5.91 Å². The molecular formula is C17H31N3O2. The zero-order valence-corrected chi connectivity index (χ0v) is 15.2. The third-order valence-electron chi connectivity index (χ3n) is 3.53. The second-order valence-electron chi connectivity index (χ2n) is 7.59. The molecule has 1 aromatic heterocycles. The van der Waals surface area contributed by atoms with Gasteiger partial charge in [-0.05, 0) is 53.5 Å². The van der Waals surface area contributed by atoms with Crippen molar-refractivity contribution in [2.45, 2.75) is 79.0 Å². The summed E-state index contributed by atoms with van der Waals surface area (Å²) in [4.78, 5) is 14.4. The highest BCUT2D eigenvalue weighted by atomic mass is 16.3. The molecular weight excluding hydrogens is 278 g/mol. The van der Waals surface area contributed by atoms with Crippen LogP contribution in [0.2, 0.25) is 0 Å². The van der Waals surface area contributed by atoms with Gasteiger partial charge in [0.15, 0.2) is 5.69 Å². The minimum atomic E-state index is -0.555. The number of aromatic nitrogens is 2. The van der Waals surface area contributed by atoms with Crippen molar-refractivity contribution in [1.82, 2.24) is 14.7 Å². The lowest BCUT2D eigenvalue weighted by atomic mass is 10.1. The molecule has 5 nitrogen and oxygen atoms in total. The van der Waals surface area contributed by atoms with Crippen LogP contribution in [0.5, 0.6) is 0 Å². The highest BCUT2D eigenvalue weighted by Gasteiger charge is 2.27. The number of nitrogens with zero attached hydrogens (tertiary/aromatic N) is 3. The molecule has 0 spiro atoms. The Morgan fingerprint density at radius 2 is 1.82 bits per heavy atom. The van der Waals surface area contributed by atoms with Crippen LogP contribution in [0.25, 0.3) is 0 Å². The van der Waals surface area contributed by atoms with E-state index in [0.29, 0.717) is 12.2 Å². The molecule has 0 bridgehead atoms. The summed E-state index contributed by atoms with van der Waals surface area (Å²) in [5.41, 5.74) is 1.33. The van der Waals surface area contributed by atoms with Crippen LogP contribution < -0.4 is 0 Å². The van der Waals surface area contributed by atoms with E-state index in [-0.39, 0.29) is 23.4 Å². The summed E-state index contributed by atoms with van der Waals surface area (Å²) in [5.74, 6) is 0.165. The molecule has 1 heterocycles. The Bertz CT molecular complexity index is 510. The lowest BCUT2D eigenvalue weighted by molar-refractivity contribution is 0.0571. The first-order chi connectivity index (χ1) is 9.95.